The van der Waals surface area contributed by atoms with Crippen molar-refractivity contribution in [2.75, 3.05) is 7.11 Å². The van der Waals surface area contributed by atoms with Crippen LogP contribution in [0.3, 0.4) is 0 Å². The van der Waals surface area contributed by atoms with Crippen molar-refractivity contribution in [2.45, 2.75) is 17.5 Å². The Labute approximate surface area is 163 Å². The molecule has 2 aromatic carbocycles. The molecule has 0 amide bonds. The number of nitrogens with zero attached hydrogens (tertiary/aromatic N) is 2. The first kappa shape index (κ1) is 18.8. The first-order valence-corrected chi connectivity index (χ1v) is 9.37. The highest BCUT2D eigenvalue weighted by atomic mass is 35.5. The Bertz CT molecular complexity index is 1040. The summed E-state index contributed by atoms with van der Waals surface area (Å²) in [6.07, 6.45) is 0. The van der Waals surface area contributed by atoms with Crippen molar-refractivity contribution in [1.82, 2.24) is 9.55 Å². The summed E-state index contributed by atoms with van der Waals surface area (Å²) in [6.45, 7) is -0.198. The highest BCUT2D eigenvalue weighted by Crippen LogP contribution is 2.27. The number of ether oxygens (including phenoxy) is 1. The third kappa shape index (κ3) is 4.03. The van der Waals surface area contributed by atoms with Gasteiger partial charge in [-0.25, -0.2) is 4.98 Å². The zero-order valence-electron chi connectivity index (χ0n) is 13.7. The van der Waals surface area contributed by atoms with E-state index in [1.54, 1.807) is 30.3 Å². The van der Waals surface area contributed by atoms with Crippen LogP contribution in [-0.4, -0.2) is 22.6 Å². The number of rotatable bonds is 5. The summed E-state index contributed by atoms with van der Waals surface area (Å²) < 4.78 is 6.03. The van der Waals surface area contributed by atoms with E-state index in [1.807, 2.05) is 12.1 Å². The predicted molar refractivity (Wildman–Crippen MR) is 104 cm³/mol. The van der Waals surface area contributed by atoms with Gasteiger partial charge in [0.15, 0.2) is 5.16 Å². The van der Waals surface area contributed by atoms with Crippen LogP contribution in [0.2, 0.25) is 10.0 Å². The maximum Gasteiger partial charge on any atom is 0.325 e. The average molecular weight is 409 g/mol. The van der Waals surface area contributed by atoms with Crippen molar-refractivity contribution in [1.29, 1.82) is 0 Å². The second-order valence-corrected chi connectivity index (χ2v) is 7.17. The summed E-state index contributed by atoms with van der Waals surface area (Å²) in [4.78, 5) is 29.0. The second kappa shape index (κ2) is 8.12. The fraction of sp³-hybridized carbons (Fsp3) is 0.167. The topological polar surface area (TPSA) is 61.2 Å². The van der Waals surface area contributed by atoms with Crippen LogP contribution in [0.1, 0.15) is 5.56 Å². The minimum atomic E-state index is -0.513. The monoisotopic (exact) mass is 408 g/mol. The van der Waals surface area contributed by atoms with Crippen LogP contribution in [-0.2, 0) is 21.8 Å². The van der Waals surface area contributed by atoms with Gasteiger partial charge >= 0.3 is 5.97 Å². The molecule has 0 aliphatic carbocycles. The van der Waals surface area contributed by atoms with Gasteiger partial charge in [-0.15, -0.1) is 0 Å². The Morgan fingerprint density at radius 3 is 2.69 bits per heavy atom. The van der Waals surface area contributed by atoms with E-state index in [9.17, 15) is 9.59 Å². The van der Waals surface area contributed by atoms with Gasteiger partial charge in [0.25, 0.3) is 5.56 Å². The number of esters is 1. The van der Waals surface area contributed by atoms with Gasteiger partial charge < -0.3 is 4.74 Å². The summed E-state index contributed by atoms with van der Waals surface area (Å²) in [5, 5.41) is 1.83. The van der Waals surface area contributed by atoms with Crippen LogP contribution < -0.4 is 5.56 Å². The molecule has 0 aliphatic rings. The van der Waals surface area contributed by atoms with E-state index >= 15 is 0 Å². The van der Waals surface area contributed by atoms with Crippen molar-refractivity contribution in [2.24, 2.45) is 0 Å². The van der Waals surface area contributed by atoms with Crippen molar-refractivity contribution in [3.63, 3.8) is 0 Å². The summed E-state index contributed by atoms with van der Waals surface area (Å²) in [5.74, 6) is 0.00335. The number of hydrogen-bond donors (Lipinski definition) is 0. The van der Waals surface area contributed by atoms with Gasteiger partial charge in [-0.2, -0.15) is 0 Å². The molecule has 0 spiro atoms. The first-order chi connectivity index (χ1) is 12.5. The van der Waals surface area contributed by atoms with E-state index in [4.69, 9.17) is 27.9 Å². The number of aromatic nitrogens is 2. The summed E-state index contributed by atoms with van der Waals surface area (Å²) in [5.41, 5.74) is 1.23. The molecule has 1 aromatic heterocycles. The lowest BCUT2D eigenvalue weighted by Crippen LogP contribution is -2.27. The molecule has 0 bridgehead atoms. The number of para-hydroxylation sites is 1. The number of benzene rings is 2. The maximum atomic E-state index is 12.8. The van der Waals surface area contributed by atoms with Crippen LogP contribution >= 0.6 is 35.0 Å². The molecule has 5 nitrogen and oxygen atoms in total. The summed E-state index contributed by atoms with van der Waals surface area (Å²) in [7, 11) is 1.28. The van der Waals surface area contributed by atoms with E-state index in [2.05, 4.69) is 4.98 Å². The molecule has 3 rings (SSSR count). The SMILES string of the molecule is COC(=O)Cn1c(SCc2ccc(Cl)c(Cl)c2)nc2ccccc2c1=O. The fourth-order valence-electron chi connectivity index (χ4n) is 2.37. The summed E-state index contributed by atoms with van der Waals surface area (Å²) >= 11 is 13.3. The smallest absolute Gasteiger partial charge is 0.325 e. The van der Waals surface area contributed by atoms with Crippen molar-refractivity contribution in [3.8, 4) is 0 Å². The molecule has 0 aliphatic heterocycles. The summed E-state index contributed by atoms with van der Waals surface area (Å²) in [6, 6.07) is 12.4. The zero-order valence-corrected chi connectivity index (χ0v) is 16.1. The molecule has 3 aromatic rings. The van der Waals surface area contributed by atoms with E-state index in [0.717, 1.165) is 5.56 Å². The highest BCUT2D eigenvalue weighted by molar-refractivity contribution is 7.98. The molecule has 0 saturated heterocycles. The van der Waals surface area contributed by atoms with Gasteiger partial charge in [0.1, 0.15) is 6.54 Å². The van der Waals surface area contributed by atoms with Crippen LogP contribution in [0.4, 0.5) is 0 Å². The average Bonchev–Trinajstić information content (AvgIpc) is 2.65. The minimum absolute atomic E-state index is 0.198. The number of halogens is 2. The van der Waals surface area contributed by atoms with Gasteiger partial charge in [0, 0.05) is 5.75 Å². The lowest BCUT2D eigenvalue weighted by Gasteiger charge is -2.12. The molecule has 0 fully saturated rings. The molecular weight excluding hydrogens is 395 g/mol. The number of fused-ring (bicyclic) bond motifs is 1. The van der Waals surface area contributed by atoms with E-state index < -0.39 is 5.97 Å². The molecule has 134 valence electrons. The standard InChI is InChI=1S/C18H14Cl2N2O3S/c1-25-16(23)9-22-17(24)12-4-2-3-5-15(12)21-18(22)26-10-11-6-7-13(19)14(20)8-11/h2-8H,9-10H2,1H3. The maximum absolute atomic E-state index is 12.8. The van der Waals surface area contributed by atoms with Crippen LogP contribution in [0.25, 0.3) is 10.9 Å². The Hall–Kier alpha value is -2.02. The van der Waals surface area contributed by atoms with Crippen molar-refractivity contribution < 1.29 is 9.53 Å². The Morgan fingerprint density at radius 1 is 1.19 bits per heavy atom. The predicted octanol–water partition coefficient (Wildman–Crippen LogP) is 4.17. The minimum Gasteiger partial charge on any atom is -0.468 e. The fourth-order valence-corrected chi connectivity index (χ4v) is 3.63. The van der Waals surface area contributed by atoms with E-state index in [0.29, 0.717) is 31.9 Å². The molecule has 0 atom stereocenters. The number of methoxy groups -OCH3 is 1. The quantitative estimate of drug-likeness (QED) is 0.360. The van der Waals surface area contributed by atoms with Crippen molar-refractivity contribution in [3.05, 3.63) is 68.4 Å². The van der Waals surface area contributed by atoms with Crippen molar-refractivity contribution >= 4 is 51.8 Å². The van der Waals surface area contributed by atoms with Gasteiger partial charge in [-0.1, -0.05) is 53.2 Å². The normalized spacial score (nSPS) is 10.9. The Morgan fingerprint density at radius 2 is 1.96 bits per heavy atom. The van der Waals surface area contributed by atoms with Gasteiger partial charge in [-0.05, 0) is 29.8 Å². The number of carbonyl (C=O) groups is 1. The Kier molecular flexibility index (Phi) is 5.86. The zero-order chi connectivity index (χ0) is 18.7. The lowest BCUT2D eigenvalue weighted by molar-refractivity contribution is -0.141. The molecule has 0 unspecified atom stereocenters. The third-order valence-corrected chi connectivity index (χ3v) is 5.48. The molecule has 26 heavy (non-hydrogen) atoms. The van der Waals surface area contributed by atoms with Crippen LogP contribution in [0.15, 0.2) is 52.4 Å². The highest BCUT2D eigenvalue weighted by Gasteiger charge is 2.15. The van der Waals surface area contributed by atoms with Gasteiger partial charge in [0.2, 0.25) is 0 Å². The molecule has 0 saturated carbocycles. The lowest BCUT2D eigenvalue weighted by atomic mass is 10.2. The van der Waals surface area contributed by atoms with E-state index in [-0.39, 0.29) is 12.1 Å². The number of hydrogen-bond acceptors (Lipinski definition) is 5. The second-order valence-electron chi connectivity index (χ2n) is 5.42. The van der Waals surface area contributed by atoms with Gasteiger partial charge in [-0.3, -0.25) is 14.2 Å². The number of carbonyl (C=O) groups excluding carboxylic acids is 1. The van der Waals surface area contributed by atoms with E-state index in [1.165, 1.54) is 23.4 Å². The van der Waals surface area contributed by atoms with Gasteiger partial charge in [0.05, 0.1) is 28.1 Å². The molecule has 0 N–H and O–H groups in total. The Balaban J connectivity index is 1.99. The number of thioether (sulfide) groups is 1. The van der Waals surface area contributed by atoms with Crippen LogP contribution in [0, 0.1) is 0 Å². The third-order valence-electron chi connectivity index (χ3n) is 3.69. The molecule has 0 radical (unpaired) electrons. The first-order valence-electron chi connectivity index (χ1n) is 7.62. The molecule has 8 heteroatoms. The molecular formula is C18H14Cl2N2O3S. The van der Waals surface area contributed by atoms with Crippen LogP contribution in [0.5, 0.6) is 0 Å². The molecule has 1 heterocycles. The largest absolute Gasteiger partial charge is 0.468 e.